The van der Waals surface area contributed by atoms with Crippen molar-refractivity contribution >= 4 is 9.05 Å². The van der Waals surface area contributed by atoms with Crippen molar-refractivity contribution in [1.82, 2.24) is 0 Å². The Hall–Kier alpha value is 0.900. The minimum atomic E-state index is -5.61. The van der Waals surface area contributed by atoms with Crippen LogP contribution in [-0.4, -0.2) is 14.5 Å². The van der Waals surface area contributed by atoms with Gasteiger partial charge in [-0.15, -0.1) is 0 Å². The van der Waals surface area contributed by atoms with E-state index in [9.17, 15) is 0 Å². The zero-order chi connectivity index (χ0) is 4.50. The van der Waals surface area contributed by atoms with Crippen LogP contribution in [0.4, 0.5) is 0 Å². The van der Waals surface area contributed by atoms with Crippen LogP contribution in [0.25, 0.3) is 0 Å². The molecular weight excluding hydrogens is 199 g/mol. The third-order valence-electron chi connectivity index (χ3n) is 0. The van der Waals surface area contributed by atoms with Crippen LogP contribution in [-0.2, 0) is 26.2 Å². The Labute approximate surface area is 60.2 Å². The van der Waals surface area contributed by atoms with Crippen molar-refractivity contribution in [2.75, 3.05) is 0 Å². The molecule has 0 aliphatic carbocycles. The Morgan fingerprint density at radius 1 is 0.857 bits per heavy atom. The van der Waals surface area contributed by atoms with Crippen LogP contribution in [0.2, 0.25) is 0 Å². The zero-order valence-corrected chi connectivity index (χ0v) is 6.59. The summed E-state index contributed by atoms with van der Waals surface area (Å²) in [6.07, 6.45) is 0. The van der Waals surface area contributed by atoms with Crippen molar-refractivity contribution in [2.24, 2.45) is 0 Å². The summed E-state index contributed by atoms with van der Waals surface area (Å²) in [4.78, 5) is 34.3. The second kappa shape index (κ2) is 5.04. The van der Waals surface area contributed by atoms with Gasteiger partial charge in [-0.1, -0.05) is 0 Å². The van der Waals surface area contributed by atoms with Crippen LogP contribution in [0.1, 0.15) is 0 Å². The first-order valence-electron chi connectivity index (χ1n) is 0.816. The Morgan fingerprint density at radius 3 is 0.857 bits per heavy atom. The largest absolute Gasteiger partial charge is 4.00 e. The molecule has 0 rings (SSSR count). The van der Waals surface area contributed by atoms with Gasteiger partial charge in [-0.25, -0.2) is 0 Å². The van der Waals surface area contributed by atoms with E-state index in [4.69, 9.17) is 19.2 Å². The molecule has 7 heteroatoms. The van der Waals surface area contributed by atoms with E-state index in [0.29, 0.717) is 0 Å². The molecule has 0 aliphatic heterocycles. The van der Waals surface area contributed by atoms with Crippen LogP contribution in [0.15, 0.2) is 0 Å². The molecule has 0 unspecified atom stereocenters. The van der Waals surface area contributed by atoms with Gasteiger partial charge in [0.1, 0.15) is 0 Å². The average Bonchev–Trinajstić information content (AvgIpc) is 0.722. The van der Waals surface area contributed by atoms with Crippen LogP contribution in [0.3, 0.4) is 0 Å². The van der Waals surface area contributed by atoms with E-state index in [2.05, 4.69) is 0 Å². The van der Waals surface area contributed by atoms with Gasteiger partial charge in [0.25, 0.3) is 0 Å². The van der Waals surface area contributed by atoms with Gasteiger partial charge in [0.05, 0.1) is 0 Å². The first-order valence-corrected chi connectivity index (χ1v) is 2.45. The minimum Gasteiger partial charge on any atom is -0.894 e. The molecule has 5 nitrogen and oxygen atoms in total. The van der Waals surface area contributed by atoms with Crippen molar-refractivity contribution < 1.29 is 50.9 Å². The third-order valence-corrected chi connectivity index (χ3v) is 0. The fraction of sp³-hybridized carbons (Fsp3) is 0. The molecular formula is H2O5SiZr. The molecule has 0 heterocycles. The molecule has 0 saturated carbocycles. The van der Waals surface area contributed by atoms with Crippen LogP contribution < -0.4 is 19.2 Å². The molecule has 40 valence electrons. The second-order valence-electron chi connectivity index (χ2n) is 0.500. The van der Waals surface area contributed by atoms with Gasteiger partial charge in [0.15, 0.2) is 0 Å². The SMILES string of the molecule is O.[O-][Si]([O-])([O-])[O-].[Zr+4]. The fourth-order valence-corrected chi connectivity index (χ4v) is 0. The molecule has 7 heavy (non-hydrogen) atoms. The van der Waals surface area contributed by atoms with Crippen molar-refractivity contribution in [3.05, 3.63) is 0 Å². The van der Waals surface area contributed by atoms with Gasteiger partial charge in [-0.3, -0.25) is 0 Å². The summed E-state index contributed by atoms with van der Waals surface area (Å²) in [5.41, 5.74) is 0. The van der Waals surface area contributed by atoms with Gasteiger partial charge < -0.3 is 33.7 Å². The predicted octanol–water partition coefficient (Wildman–Crippen LogP) is -5.96. The Kier molecular flexibility index (Phi) is 11.3. The Morgan fingerprint density at radius 2 is 0.857 bits per heavy atom. The maximum Gasteiger partial charge on any atom is 4.00 e. The summed E-state index contributed by atoms with van der Waals surface area (Å²) in [5.74, 6) is 0. The molecule has 0 radical (unpaired) electrons. The van der Waals surface area contributed by atoms with Crippen LogP contribution in [0.5, 0.6) is 0 Å². The number of hydrogen-bond donors (Lipinski definition) is 0. The zero-order valence-electron chi connectivity index (χ0n) is 3.13. The van der Waals surface area contributed by atoms with Gasteiger partial charge in [-0.2, -0.15) is 0 Å². The third kappa shape index (κ3) is 205. The molecule has 0 aromatic carbocycles. The molecule has 0 spiro atoms. The number of hydrogen-bond acceptors (Lipinski definition) is 4. The summed E-state index contributed by atoms with van der Waals surface area (Å²) < 4.78 is 0. The van der Waals surface area contributed by atoms with E-state index < -0.39 is 9.05 Å². The normalized spacial score (nSPS) is 8.57. The van der Waals surface area contributed by atoms with E-state index in [1.165, 1.54) is 0 Å². The number of rotatable bonds is 0. The molecule has 2 N–H and O–H groups in total. The molecule has 0 bridgehead atoms. The van der Waals surface area contributed by atoms with E-state index >= 15 is 0 Å². The van der Waals surface area contributed by atoms with Crippen molar-refractivity contribution in [3.8, 4) is 0 Å². The maximum atomic E-state index is 8.58. The average molecular weight is 201 g/mol. The maximum absolute atomic E-state index is 8.58. The monoisotopic (exact) mass is 200 g/mol. The fourth-order valence-electron chi connectivity index (χ4n) is 0. The molecule has 0 saturated heterocycles. The van der Waals surface area contributed by atoms with E-state index in [1.54, 1.807) is 0 Å². The predicted molar refractivity (Wildman–Crippen MR) is 9.37 cm³/mol. The molecule has 0 atom stereocenters. The summed E-state index contributed by atoms with van der Waals surface area (Å²) in [6, 6.07) is 0. The standard InChI is InChI=1S/O4Si.H2O.Zr/c1-5(2,3)4;;/h;1H2;/q-4;;+4. The molecule has 0 aromatic heterocycles. The molecule has 0 amide bonds. The summed E-state index contributed by atoms with van der Waals surface area (Å²) in [5, 5.41) is 0. The van der Waals surface area contributed by atoms with Crippen molar-refractivity contribution in [2.45, 2.75) is 0 Å². The Balaban J connectivity index is -0.0000000800. The molecule has 0 fully saturated rings. The van der Waals surface area contributed by atoms with E-state index in [0.717, 1.165) is 0 Å². The van der Waals surface area contributed by atoms with Gasteiger partial charge >= 0.3 is 26.2 Å². The van der Waals surface area contributed by atoms with Gasteiger partial charge in [0, 0.05) is 0 Å². The van der Waals surface area contributed by atoms with Gasteiger partial charge in [-0.05, 0) is 0 Å². The smallest absolute Gasteiger partial charge is 0.894 e. The van der Waals surface area contributed by atoms with Crippen LogP contribution >= 0.6 is 0 Å². The molecule has 0 aromatic rings. The summed E-state index contributed by atoms with van der Waals surface area (Å²) >= 11 is 0. The molecule has 0 aliphatic rings. The first kappa shape index (κ1) is 15.7. The Bertz CT molecular complexity index is 23.6. The summed E-state index contributed by atoms with van der Waals surface area (Å²) in [7, 11) is -5.61. The quantitative estimate of drug-likeness (QED) is 0.362. The summed E-state index contributed by atoms with van der Waals surface area (Å²) in [6.45, 7) is 0. The van der Waals surface area contributed by atoms with E-state index in [-0.39, 0.29) is 31.7 Å². The van der Waals surface area contributed by atoms with Gasteiger partial charge in [0.2, 0.25) is 0 Å². The first-order chi connectivity index (χ1) is 2.00. The van der Waals surface area contributed by atoms with E-state index in [1.807, 2.05) is 0 Å². The van der Waals surface area contributed by atoms with Crippen molar-refractivity contribution in [3.63, 3.8) is 0 Å². The topological polar surface area (TPSA) is 124 Å². The van der Waals surface area contributed by atoms with Crippen LogP contribution in [0, 0.1) is 0 Å². The van der Waals surface area contributed by atoms with Crippen molar-refractivity contribution in [1.29, 1.82) is 0 Å². The second-order valence-corrected chi connectivity index (χ2v) is 1.50. The minimum absolute atomic E-state index is 0.